The van der Waals surface area contributed by atoms with Crippen molar-refractivity contribution in [3.63, 3.8) is 0 Å². The largest absolute Gasteiger partial charge is 0.271 e. The van der Waals surface area contributed by atoms with Gasteiger partial charge in [0.25, 0.3) is 0 Å². The lowest BCUT2D eigenvalue weighted by molar-refractivity contribution is 0.538. The summed E-state index contributed by atoms with van der Waals surface area (Å²) in [5, 5.41) is 0. The molecule has 0 radical (unpaired) electrons. The van der Waals surface area contributed by atoms with E-state index in [0.29, 0.717) is 6.42 Å². The Morgan fingerprint density at radius 3 is 2.50 bits per heavy atom. The first-order valence-corrected chi connectivity index (χ1v) is 7.92. The molecule has 0 aliphatic rings. The van der Waals surface area contributed by atoms with Crippen LogP contribution in [0.2, 0.25) is 0 Å². The molecule has 1 aromatic rings. The number of nitrogens with one attached hydrogen (secondary N) is 1. The van der Waals surface area contributed by atoms with Crippen molar-refractivity contribution in [2.75, 3.05) is 12.0 Å². The topological polar surface area (TPSA) is 72.2 Å². The fourth-order valence-corrected chi connectivity index (χ4v) is 3.21. The van der Waals surface area contributed by atoms with Gasteiger partial charge in [0.2, 0.25) is 0 Å². The Morgan fingerprint density at radius 1 is 1.50 bits per heavy atom. The van der Waals surface area contributed by atoms with Crippen molar-refractivity contribution >= 4 is 21.2 Å². The highest BCUT2D eigenvalue weighted by Crippen LogP contribution is 2.28. The molecule has 16 heavy (non-hydrogen) atoms. The number of sulfone groups is 1. The van der Waals surface area contributed by atoms with Crippen LogP contribution in [-0.4, -0.2) is 20.4 Å². The molecule has 1 atom stereocenters. The van der Waals surface area contributed by atoms with Gasteiger partial charge in [0, 0.05) is 16.0 Å². The minimum Gasteiger partial charge on any atom is -0.271 e. The molecule has 0 saturated heterocycles. The van der Waals surface area contributed by atoms with E-state index in [2.05, 4.69) is 11.5 Å². The fraction of sp³-hybridized carbons (Fsp3) is 0.600. The summed E-state index contributed by atoms with van der Waals surface area (Å²) >= 11 is 1.66. The van der Waals surface area contributed by atoms with E-state index in [9.17, 15) is 8.42 Å². The zero-order valence-electron chi connectivity index (χ0n) is 9.78. The predicted octanol–water partition coefficient (Wildman–Crippen LogP) is 1.30. The van der Waals surface area contributed by atoms with Gasteiger partial charge in [-0.1, -0.05) is 0 Å². The second-order valence-electron chi connectivity index (χ2n) is 4.03. The van der Waals surface area contributed by atoms with Gasteiger partial charge in [-0.25, -0.2) is 8.42 Å². The second-order valence-corrected chi connectivity index (χ2v) is 7.57. The highest BCUT2D eigenvalue weighted by molar-refractivity contribution is 7.90. The lowest BCUT2D eigenvalue weighted by Gasteiger charge is -2.13. The van der Waals surface area contributed by atoms with E-state index in [4.69, 9.17) is 5.84 Å². The number of hydrazine groups is 1. The van der Waals surface area contributed by atoms with Crippen LogP contribution in [0.15, 0.2) is 6.07 Å². The van der Waals surface area contributed by atoms with Crippen LogP contribution in [0.1, 0.15) is 27.8 Å². The van der Waals surface area contributed by atoms with E-state index < -0.39 is 9.84 Å². The average Bonchev–Trinajstić information content (AvgIpc) is 2.46. The number of hydrogen-bond acceptors (Lipinski definition) is 5. The highest BCUT2D eigenvalue weighted by Gasteiger charge is 2.15. The van der Waals surface area contributed by atoms with Crippen LogP contribution in [0.25, 0.3) is 0 Å². The summed E-state index contributed by atoms with van der Waals surface area (Å²) in [7, 11) is -2.93. The first kappa shape index (κ1) is 13.6. The molecule has 0 aliphatic carbocycles. The maximum Gasteiger partial charge on any atom is 0.147 e. The minimum absolute atomic E-state index is 0.0767. The van der Waals surface area contributed by atoms with Gasteiger partial charge in [-0.05, 0) is 31.9 Å². The average molecular weight is 262 g/mol. The molecule has 4 nitrogen and oxygen atoms in total. The first-order chi connectivity index (χ1) is 7.33. The summed E-state index contributed by atoms with van der Waals surface area (Å²) in [5.41, 5.74) is 3.90. The molecule has 92 valence electrons. The van der Waals surface area contributed by atoms with Gasteiger partial charge in [0.05, 0.1) is 11.8 Å². The molecular formula is C10H18N2O2S2. The monoisotopic (exact) mass is 262 g/mol. The van der Waals surface area contributed by atoms with Gasteiger partial charge in [0.1, 0.15) is 9.84 Å². The summed E-state index contributed by atoms with van der Waals surface area (Å²) in [6, 6.07) is 1.99. The standard InChI is InChI=1S/C10H18N2O2S2/c1-7-6-10(15-8(7)2)9(12-11)4-5-16(3,13)14/h6,9,12H,4-5,11H2,1-3H3. The SMILES string of the molecule is Cc1cc(C(CCS(C)(=O)=O)NN)sc1C. The molecule has 0 bridgehead atoms. The molecule has 0 amide bonds. The number of aryl methyl sites for hydroxylation is 2. The molecule has 0 spiro atoms. The number of thiophene rings is 1. The quantitative estimate of drug-likeness (QED) is 0.620. The third-order valence-electron chi connectivity index (χ3n) is 2.51. The molecule has 6 heteroatoms. The molecular weight excluding hydrogens is 244 g/mol. The summed E-state index contributed by atoms with van der Waals surface area (Å²) < 4.78 is 22.2. The van der Waals surface area contributed by atoms with Gasteiger partial charge < -0.3 is 0 Å². The zero-order chi connectivity index (χ0) is 12.3. The van der Waals surface area contributed by atoms with E-state index in [0.717, 1.165) is 4.88 Å². The van der Waals surface area contributed by atoms with E-state index in [1.165, 1.54) is 16.7 Å². The van der Waals surface area contributed by atoms with Crippen molar-refractivity contribution in [3.05, 3.63) is 21.4 Å². The Morgan fingerprint density at radius 2 is 2.12 bits per heavy atom. The van der Waals surface area contributed by atoms with Crippen molar-refractivity contribution in [2.45, 2.75) is 26.3 Å². The van der Waals surface area contributed by atoms with Gasteiger partial charge in [-0.3, -0.25) is 11.3 Å². The Hall–Kier alpha value is -0.430. The molecule has 1 rings (SSSR count). The van der Waals surface area contributed by atoms with Crippen LogP contribution < -0.4 is 11.3 Å². The number of rotatable bonds is 5. The van der Waals surface area contributed by atoms with Gasteiger partial charge in [0.15, 0.2) is 0 Å². The fourth-order valence-electron chi connectivity index (χ4n) is 1.41. The summed E-state index contributed by atoms with van der Waals surface area (Å²) in [6.45, 7) is 4.09. The number of nitrogens with two attached hydrogens (primary N) is 1. The summed E-state index contributed by atoms with van der Waals surface area (Å²) in [5.74, 6) is 5.61. The van der Waals surface area contributed by atoms with E-state index in [1.807, 2.05) is 13.8 Å². The first-order valence-electron chi connectivity index (χ1n) is 5.04. The Bertz CT molecular complexity index is 432. The van der Waals surface area contributed by atoms with Crippen molar-refractivity contribution in [1.82, 2.24) is 5.43 Å². The van der Waals surface area contributed by atoms with Crippen LogP contribution in [0.4, 0.5) is 0 Å². The molecule has 0 saturated carbocycles. The van der Waals surface area contributed by atoms with Crippen molar-refractivity contribution in [3.8, 4) is 0 Å². The van der Waals surface area contributed by atoms with Crippen molar-refractivity contribution < 1.29 is 8.42 Å². The Kier molecular flexibility index (Phi) is 4.49. The minimum atomic E-state index is -2.93. The Balaban J connectivity index is 2.75. The molecule has 3 N–H and O–H groups in total. The normalized spacial score (nSPS) is 14.0. The molecule has 0 aliphatic heterocycles. The van der Waals surface area contributed by atoms with Crippen LogP contribution >= 0.6 is 11.3 Å². The van der Waals surface area contributed by atoms with E-state index in [1.54, 1.807) is 11.3 Å². The maximum atomic E-state index is 11.1. The smallest absolute Gasteiger partial charge is 0.147 e. The summed E-state index contributed by atoms with van der Waals surface area (Å²) in [6.07, 6.45) is 1.75. The second kappa shape index (κ2) is 5.27. The van der Waals surface area contributed by atoms with Crippen molar-refractivity contribution in [1.29, 1.82) is 0 Å². The summed E-state index contributed by atoms with van der Waals surface area (Å²) in [4.78, 5) is 2.34. The molecule has 1 unspecified atom stereocenters. The highest BCUT2D eigenvalue weighted by atomic mass is 32.2. The lowest BCUT2D eigenvalue weighted by atomic mass is 10.2. The third-order valence-corrected chi connectivity index (χ3v) is 4.75. The Labute approximate surface area is 101 Å². The predicted molar refractivity (Wildman–Crippen MR) is 68.2 cm³/mol. The molecule has 0 aromatic carbocycles. The third kappa shape index (κ3) is 3.86. The van der Waals surface area contributed by atoms with Crippen LogP contribution in [-0.2, 0) is 9.84 Å². The molecule has 1 heterocycles. The van der Waals surface area contributed by atoms with Crippen LogP contribution in [0.3, 0.4) is 0 Å². The van der Waals surface area contributed by atoms with Crippen LogP contribution in [0.5, 0.6) is 0 Å². The zero-order valence-corrected chi connectivity index (χ0v) is 11.4. The lowest BCUT2D eigenvalue weighted by Crippen LogP contribution is -2.29. The molecule has 1 aromatic heterocycles. The van der Waals surface area contributed by atoms with Gasteiger partial charge in [-0.2, -0.15) is 0 Å². The van der Waals surface area contributed by atoms with Gasteiger partial charge in [-0.15, -0.1) is 11.3 Å². The van der Waals surface area contributed by atoms with Crippen molar-refractivity contribution in [2.24, 2.45) is 5.84 Å². The van der Waals surface area contributed by atoms with E-state index in [-0.39, 0.29) is 11.8 Å². The van der Waals surface area contributed by atoms with E-state index >= 15 is 0 Å². The van der Waals surface area contributed by atoms with Crippen LogP contribution in [0, 0.1) is 13.8 Å². The molecule has 0 fully saturated rings. The number of hydrogen-bond donors (Lipinski definition) is 2. The van der Waals surface area contributed by atoms with Gasteiger partial charge >= 0.3 is 0 Å². The maximum absolute atomic E-state index is 11.1.